The minimum absolute atomic E-state index is 0. The first kappa shape index (κ1) is 18.1. The number of anilines is 1. The Kier molecular flexibility index (Phi) is 5.05. The van der Waals surface area contributed by atoms with Crippen LogP contribution in [0.15, 0.2) is 17.0 Å². The van der Waals surface area contributed by atoms with Gasteiger partial charge in [0.2, 0.25) is 0 Å². The van der Waals surface area contributed by atoms with E-state index in [1.807, 2.05) is 16.4 Å². The predicted molar refractivity (Wildman–Crippen MR) is 89.7 cm³/mol. The molecule has 0 spiro atoms. The molecule has 1 aliphatic heterocycles. The molecule has 0 aromatic carbocycles. The van der Waals surface area contributed by atoms with Crippen molar-refractivity contribution in [1.29, 1.82) is 0 Å². The minimum Gasteiger partial charge on any atom is -1.00 e. The molecular formula is C15H18ClN8O2-. The van der Waals surface area contributed by atoms with Gasteiger partial charge in [-0.25, -0.2) is 9.61 Å². The molecule has 0 aliphatic carbocycles. The van der Waals surface area contributed by atoms with E-state index in [0.717, 1.165) is 18.6 Å². The summed E-state index contributed by atoms with van der Waals surface area (Å²) in [6, 6.07) is 0. The number of imidazole rings is 1. The van der Waals surface area contributed by atoms with Crippen molar-refractivity contribution in [2.75, 3.05) is 31.9 Å². The third kappa shape index (κ3) is 2.86. The SMILES string of the molecule is CCn1c(-c2nonc2N)nc2cncc(C(=O)N3CCNCC3)c21.[Cl-]. The molecule has 1 aliphatic rings. The van der Waals surface area contributed by atoms with E-state index in [2.05, 4.69) is 25.6 Å². The maximum Gasteiger partial charge on any atom is 0.257 e. The van der Waals surface area contributed by atoms with Gasteiger partial charge in [-0.3, -0.25) is 9.78 Å². The average Bonchev–Trinajstić information content (AvgIpc) is 3.24. The van der Waals surface area contributed by atoms with Crippen LogP contribution in [-0.4, -0.2) is 61.8 Å². The fourth-order valence-electron chi connectivity index (χ4n) is 3.12. The number of pyridine rings is 1. The number of nitrogens with zero attached hydrogens (tertiary/aromatic N) is 6. The van der Waals surface area contributed by atoms with Crippen LogP contribution >= 0.6 is 0 Å². The third-order valence-electron chi connectivity index (χ3n) is 4.33. The lowest BCUT2D eigenvalue weighted by atomic mass is 10.2. The fourth-order valence-corrected chi connectivity index (χ4v) is 3.12. The fraction of sp³-hybridized carbons (Fsp3) is 0.400. The van der Waals surface area contributed by atoms with Crippen molar-refractivity contribution in [3.05, 3.63) is 18.0 Å². The second-order valence-corrected chi connectivity index (χ2v) is 5.77. The van der Waals surface area contributed by atoms with Crippen molar-refractivity contribution in [1.82, 2.24) is 35.1 Å². The van der Waals surface area contributed by atoms with Crippen LogP contribution in [0.5, 0.6) is 0 Å². The molecule has 4 heterocycles. The topological polar surface area (TPSA) is 128 Å². The second-order valence-electron chi connectivity index (χ2n) is 5.77. The lowest BCUT2D eigenvalue weighted by Gasteiger charge is -2.27. The number of fused-ring (bicyclic) bond motifs is 1. The van der Waals surface area contributed by atoms with Crippen LogP contribution in [-0.2, 0) is 6.54 Å². The number of nitrogens with one attached hydrogen (secondary N) is 1. The molecular weight excluding hydrogens is 360 g/mol. The van der Waals surface area contributed by atoms with Gasteiger partial charge in [-0.05, 0) is 17.2 Å². The summed E-state index contributed by atoms with van der Waals surface area (Å²) in [5.74, 6) is 0.624. The zero-order valence-electron chi connectivity index (χ0n) is 14.1. The molecule has 0 radical (unpaired) electrons. The number of hydrogen-bond donors (Lipinski definition) is 2. The number of nitrogens with two attached hydrogens (primary N) is 1. The Balaban J connectivity index is 0.00000196. The molecule has 11 heteroatoms. The molecule has 0 bridgehead atoms. The van der Waals surface area contributed by atoms with Gasteiger partial charge in [0.05, 0.1) is 17.3 Å². The summed E-state index contributed by atoms with van der Waals surface area (Å²) >= 11 is 0. The van der Waals surface area contributed by atoms with Gasteiger partial charge in [0.25, 0.3) is 5.91 Å². The summed E-state index contributed by atoms with van der Waals surface area (Å²) < 4.78 is 6.58. The predicted octanol–water partition coefficient (Wildman–Crippen LogP) is -2.87. The lowest BCUT2D eigenvalue weighted by Crippen LogP contribution is -3.00. The first-order valence-corrected chi connectivity index (χ1v) is 8.13. The van der Waals surface area contributed by atoms with Crippen LogP contribution in [0.2, 0.25) is 0 Å². The average molecular weight is 378 g/mol. The monoisotopic (exact) mass is 377 g/mol. The van der Waals surface area contributed by atoms with E-state index in [1.54, 1.807) is 12.4 Å². The van der Waals surface area contributed by atoms with Crippen molar-refractivity contribution in [3.8, 4) is 11.5 Å². The molecule has 0 saturated carbocycles. The number of carbonyl (C=O) groups is 1. The highest BCUT2D eigenvalue weighted by molar-refractivity contribution is 6.05. The maximum atomic E-state index is 13.0. The molecule has 3 aromatic rings. The summed E-state index contributed by atoms with van der Waals surface area (Å²) in [6.07, 6.45) is 3.22. The Morgan fingerprint density at radius 1 is 1.31 bits per heavy atom. The van der Waals surface area contributed by atoms with Gasteiger partial charge in [0.1, 0.15) is 5.52 Å². The molecule has 26 heavy (non-hydrogen) atoms. The van der Waals surface area contributed by atoms with E-state index in [1.165, 1.54) is 0 Å². The maximum absolute atomic E-state index is 13.0. The van der Waals surface area contributed by atoms with Gasteiger partial charge in [-0.15, -0.1) is 0 Å². The molecule has 1 amide bonds. The van der Waals surface area contributed by atoms with Crippen molar-refractivity contribution < 1.29 is 21.8 Å². The van der Waals surface area contributed by atoms with Gasteiger partial charge in [0.15, 0.2) is 17.3 Å². The van der Waals surface area contributed by atoms with Crippen LogP contribution in [0.25, 0.3) is 22.6 Å². The number of aryl methyl sites for hydroxylation is 1. The molecule has 1 saturated heterocycles. The number of halogens is 1. The number of hydrogen-bond acceptors (Lipinski definition) is 8. The Hall–Kier alpha value is -2.72. The number of carbonyl (C=O) groups excluding carboxylic acids is 1. The van der Waals surface area contributed by atoms with Crippen LogP contribution < -0.4 is 23.5 Å². The quantitative estimate of drug-likeness (QED) is 0.498. The van der Waals surface area contributed by atoms with Gasteiger partial charge in [-0.1, -0.05) is 0 Å². The standard InChI is InChI=1S/C15H18N8O2.ClH/c1-2-23-12-9(15(24)22-5-3-17-4-6-22)7-18-8-10(12)19-14(23)11-13(16)21-25-20-11;/h7-8,17H,2-6H2,1H3,(H2,16,21);1H/p-1. The Morgan fingerprint density at radius 2 is 2.08 bits per heavy atom. The van der Waals surface area contributed by atoms with Crippen LogP contribution in [0.1, 0.15) is 17.3 Å². The third-order valence-corrected chi connectivity index (χ3v) is 4.33. The Labute approximate surface area is 155 Å². The molecule has 10 nitrogen and oxygen atoms in total. The molecule has 3 aromatic heterocycles. The zero-order valence-corrected chi connectivity index (χ0v) is 14.9. The summed E-state index contributed by atoms with van der Waals surface area (Å²) in [4.78, 5) is 23.6. The van der Waals surface area contributed by atoms with Gasteiger partial charge in [-0.2, -0.15) is 0 Å². The summed E-state index contributed by atoms with van der Waals surface area (Å²) in [7, 11) is 0. The Morgan fingerprint density at radius 3 is 2.73 bits per heavy atom. The summed E-state index contributed by atoms with van der Waals surface area (Å²) in [5.41, 5.74) is 8.03. The number of nitrogen functional groups attached to an aromatic ring is 1. The number of aromatic nitrogens is 5. The first-order chi connectivity index (χ1) is 12.2. The lowest BCUT2D eigenvalue weighted by molar-refractivity contribution is -0.0000155. The number of piperazine rings is 1. The van der Waals surface area contributed by atoms with Gasteiger partial charge < -0.3 is 32.9 Å². The highest BCUT2D eigenvalue weighted by Crippen LogP contribution is 2.28. The van der Waals surface area contributed by atoms with E-state index in [0.29, 0.717) is 42.2 Å². The van der Waals surface area contributed by atoms with E-state index in [9.17, 15) is 4.79 Å². The van der Waals surface area contributed by atoms with E-state index < -0.39 is 0 Å². The Bertz CT molecular complexity index is 931. The van der Waals surface area contributed by atoms with E-state index >= 15 is 0 Å². The zero-order chi connectivity index (χ0) is 17.4. The van der Waals surface area contributed by atoms with Crippen molar-refractivity contribution >= 4 is 22.8 Å². The van der Waals surface area contributed by atoms with Crippen LogP contribution in [0.4, 0.5) is 5.82 Å². The van der Waals surface area contributed by atoms with Crippen LogP contribution in [0.3, 0.4) is 0 Å². The van der Waals surface area contributed by atoms with Gasteiger partial charge >= 0.3 is 0 Å². The highest BCUT2D eigenvalue weighted by Gasteiger charge is 2.25. The number of amides is 1. The molecule has 0 unspecified atom stereocenters. The van der Waals surface area contributed by atoms with Crippen LogP contribution in [0, 0.1) is 0 Å². The molecule has 138 valence electrons. The molecule has 1 fully saturated rings. The smallest absolute Gasteiger partial charge is 0.257 e. The minimum atomic E-state index is -0.0491. The first-order valence-electron chi connectivity index (χ1n) is 8.13. The van der Waals surface area contributed by atoms with Crippen molar-refractivity contribution in [2.45, 2.75) is 13.5 Å². The van der Waals surface area contributed by atoms with Crippen molar-refractivity contribution in [3.63, 3.8) is 0 Å². The second kappa shape index (κ2) is 7.26. The van der Waals surface area contributed by atoms with Crippen molar-refractivity contribution in [2.24, 2.45) is 0 Å². The summed E-state index contributed by atoms with van der Waals surface area (Å²) in [5, 5.41) is 10.7. The highest BCUT2D eigenvalue weighted by atomic mass is 35.5. The van der Waals surface area contributed by atoms with Gasteiger partial charge in [0, 0.05) is 38.9 Å². The number of rotatable bonds is 3. The molecule has 4 rings (SSSR count). The summed E-state index contributed by atoms with van der Waals surface area (Å²) in [6.45, 7) is 5.46. The largest absolute Gasteiger partial charge is 1.00 e. The van der Waals surface area contributed by atoms with E-state index in [-0.39, 0.29) is 24.1 Å². The molecule has 0 atom stereocenters. The van der Waals surface area contributed by atoms with E-state index in [4.69, 9.17) is 10.4 Å². The molecule has 3 N–H and O–H groups in total. The normalized spacial score (nSPS) is 14.4.